The third-order valence-corrected chi connectivity index (χ3v) is 5.23. The number of nitrogens with one attached hydrogen (secondary N) is 1. The van der Waals surface area contributed by atoms with Crippen LogP contribution in [-0.4, -0.2) is 62.7 Å². The highest BCUT2D eigenvalue weighted by Gasteiger charge is 2.56. The van der Waals surface area contributed by atoms with Gasteiger partial charge in [0.2, 0.25) is 6.79 Å². The minimum Gasteiger partial charge on any atom is -0.454 e. The molecule has 1 fully saturated rings. The van der Waals surface area contributed by atoms with Crippen LogP contribution in [0.5, 0.6) is 11.5 Å². The Balaban J connectivity index is 1.90. The van der Waals surface area contributed by atoms with Gasteiger partial charge in [0.05, 0.1) is 5.54 Å². The molecule has 9 nitrogen and oxygen atoms in total. The molecule has 1 aromatic carbocycles. The first kappa shape index (κ1) is 21.0. The Hall–Kier alpha value is -2.68. The Morgan fingerprint density at radius 3 is 2.55 bits per heavy atom. The molecule has 29 heavy (non-hydrogen) atoms. The number of carbonyl (C=O) groups is 2. The fourth-order valence-electron chi connectivity index (χ4n) is 3.81. The molecular formula is C20H30N4O5. The summed E-state index contributed by atoms with van der Waals surface area (Å²) in [6.45, 7) is 11.5. The first-order chi connectivity index (χ1) is 13.5. The molecule has 0 radical (unpaired) electrons. The number of nitrogens with zero attached hydrogens (tertiary/aromatic N) is 3. The molecule has 0 aromatic heterocycles. The van der Waals surface area contributed by atoms with E-state index in [0.29, 0.717) is 23.1 Å². The fraction of sp³-hybridized carbons (Fsp3) is 0.600. The van der Waals surface area contributed by atoms with Crippen molar-refractivity contribution in [3.05, 3.63) is 23.8 Å². The standard InChI is InChI=1S/C20H30N4O5/c1-12(2)21-18(25)24(27)17-20(5,6)22(19(26)23(17)13(3)4)10-14-7-8-15-16(9-14)29-11-28-15/h7-9,12-13,17,27H,10-11H2,1-6H3,(H,21,25)/t17-/m0/s1. The lowest BCUT2D eigenvalue weighted by atomic mass is 9.98. The number of urea groups is 2. The van der Waals surface area contributed by atoms with Crippen LogP contribution in [0.25, 0.3) is 0 Å². The van der Waals surface area contributed by atoms with Gasteiger partial charge in [-0.15, -0.1) is 0 Å². The number of hydrogen-bond donors (Lipinski definition) is 2. The molecule has 1 saturated heterocycles. The summed E-state index contributed by atoms with van der Waals surface area (Å²) in [4.78, 5) is 29.0. The monoisotopic (exact) mass is 406 g/mol. The first-order valence-corrected chi connectivity index (χ1v) is 9.81. The van der Waals surface area contributed by atoms with E-state index in [2.05, 4.69) is 5.32 Å². The summed E-state index contributed by atoms with van der Waals surface area (Å²) < 4.78 is 10.8. The normalized spacial score (nSPS) is 20.0. The molecule has 4 amide bonds. The van der Waals surface area contributed by atoms with Crippen LogP contribution in [0, 0.1) is 0 Å². The molecule has 0 unspecified atom stereocenters. The van der Waals surface area contributed by atoms with Gasteiger partial charge in [0.1, 0.15) is 0 Å². The van der Waals surface area contributed by atoms with Gasteiger partial charge in [0, 0.05) is 18.6 Å². The molecule has 0 bridgehead atoms. The molecule has 2 aliphatic heterocycles. The molecule has 3 rings (SSSR count). The van der Waals surface area contributed by atoms with Crippen molar-refractivity contribution in [2.24, 2.45) is 0 Å². The van der Waals surface area contributed by atoms with Gasteiger partial charge in [-0.2, -0.15) is 5.06 Å². The number of fused-ring (bicyclic) bond motifs is 1. The van der Waals surface area contributed by atoms with Crippen molar-refractivity contribution in [3.63, 3.8) is 0 Å². The van der Waals surface area contributed by atoms with Crippen molar-refractivity contribution in [2.45, 2.75) is 71.9 Å². The smallest absolute Gasteiger partial charge is 0.343 e. The number of hydrogen-bond acceptors (Lipinski definition) is 5. The average Bonchev–Trinajstić information content (AvgIpc) is 3.16. The van der Waals surface area contributed by atoms with Crippen LogP contribution in [0.4, 0.5) is 9.59 Å². The minimum atomic E-state index is -0.846. The Morgan fingerprint density at radius 1 is 1.28 bits per heavy atom. The van der Waals surface area contributed by atoms with Crippen LogP contribution in [0.3, 0.4) is 0 Å². The van der Waals surface area contributed by atoms with E-state index < -0.39 is 17.7 Å². The van der Waals surface area contributed by atoms with E-state index in [-0.39, 0.29) is 24.9 Å². The molecule has 2 N–H and O–H groups in total. The van der Waals surface area contributed by atoms with Gasteiger partial charge in [0.25, 0.3) is 0 Å². The second kappa shape index (κ2) is 7.62. The number of amides is 4. The fourth-order valence-corrected chi connectivity index (χ4v) is 3.81. The highest BCUT2D eigenvalue weighted by molar-refractivity contribution is 5.81. The lowest BCUT2D eigenvalue weighted by Crippen LogP contribution is -2.60. The van der Waals surface area contributed by atoms with Crippen molar-refractivity contribution < 1.29 is 24.3 Å². The van der Waals surface area contributed by atoms with E-state index in [1.54, 1.807) is 4.90 Å². The van der Waals surface area contributed by atoms with E-state index in [4.69, 9.17) is 9.47 Å². The van der Waals surface area contributed by atoms with Crippen LogP contribution in [0.2, 0.25) is 0 Å². The number of carbonyl (C=O) groups excluding carboxylic acids is 2. The summed E-state index contributed by atoms with van der Waals surface area (Å²) in [5.41, 5.74) is 0.0250. The highest BCUT2D eigenvalue weighted by Crippen LogP contribution is 2.38. The number of benzene rings is 1. The molecule has 0 aliphatic carbocycles. The van der Waals surface area contributed by atoms with Crippen molar-refractivity contribution in [3.8, 4) is 11.5 Å². The highest BCUT2D eigenvalue weighted by atomic mass is 16.7. The van der Waals surface area contributed by atoms with Crippen LogP contribution >= 0.6 is 0 Å². The average molecular weight is 406 g/mol. The maximum absolute atomic E-state index is 13.3. The molecule has 2 heterocycles. The zero-order valence-electron chi connectivity index (χ0n) is 17.8. The summed E-state index contributed by atoms with van der Waals surface area (Å²) in [6.07, 6.45) is -0.845. The quantitative estimate of drug-likeness (QED) is 0.579. The summed E-state index contributed by atoms with van der Waals surface area (Å²) in [6, 6.07) is 4.31. The van der Waals surface area contributed by atoms with Crippen LogP contribution in [0.1, 0.15) is 47.1 Å². The van der Waals surface area contributed by atoms with E-state index in [0.717, 1.165) is 5.56 Å². The molecule has 1 atom stereocenters. The Labute approximate surface area is 171 Å². The Bertz CT molecular complexity index is 795. The molecule has 0 saturated carbocycles. The maximum atomic E-state index is 13.3. The summed E-state index contributed by atoms with van der Waals surface area (Å²) >= 11 is 0. The topological polar surface area (TPSA) is 94.6 Å². The predicted octanol–water partition coefficient (Wildman–Crippen LogP) is 2.98. The van der Waals surface area contributed by atoms with Crippen LogP contribution in [0.15, 0.2) is 18.2 Å². The number of hydroxylamine groups is 2. The van der Waals surface area contributed by atoms with Crippen LogP contribution < -0.4 is 14.8 Å². The van der Waals surface area contributed by atoms with Gasteiger partial charge in [-0.05, 0) is 59.2 Å². The second-order valence-electron chi connectivity index (χ2n) is 8.53. The van der Waals surface area contributed by atoms with Gasteiger partial charge in [-0.1, -0.05) is 6.07 Å². The summed E-state index contributed by atoms with van der Waals surface area (Å²) in [5, 5.41) is 14.0. The van der Waals surface area contributed by atoms with Crippen molar-refractivity contribution in [1.82, 2.24) is 20.2 Å². The summed E-state index contributed by atoms with van der Waals surface area (Å²) in [5.74, 6) is 1.32. The largest absolute Gasteiger partial charge is 0.454 e. The van der Waals surface area contributed by atoms with E-state index >= 15 is 0 Å². The second-order valence-corrected chi connectivity index (χ2v) is 8.53. The summed E-state index contributed by atoms with van der Waals surface area (Å²) in [7, 11) is 0. The van der Waals surface area contributed by atoms with Crippen molar-refractivity contribution in [1.29, 1.82) is 0 Å². The molecule has 1 aromatic rings. The van der Waals surface area contributed by atoms with Crippen molar-refractivity contribution in [2.75, 3.05) is 6.79 Å². The molecule has 2 aliphatic rings. The van der Waals surface area contributed by atoms with Gasteiger partial charge in [-0.3, -0.25) is 10.1 Å². The van der Waals surface area contributed by atoms with Crippen molar-refractivity contribution >= 4 is 12.1 Å². The first-order valence-electron chi connectivity index (χ1n) is 9.81. The lowest BCUT2D eigenvalue weighted by Gasteiger charge is -2.39. The van der Waals surface area contributed by atoms with Gasteiger partial charge < -0.3 is 19.7 Å². The number of ether oxygens (including phenoxy) is 2. The molecule has 0 spiro atoms. The van der Waals surface area contributed by atoms with Crippen LogP contribution in [-0.2, 0) is 6.54 Å². The third-order valence-electron chi connectivity index (χ3n) is 5.23. The SMILES string of the molecule is CC(C)NC(=O)N(O)[C@@H]1N(C(C)C)C(=O)N(Cc2ccc3c(c2)OCO3)C1(C)C. The van der Waals surface area contributed by atoms with Gasteiger partial charge in [0.15, 0.2) is 17.7 Å². The van der Waals surface area contributed by atoms with E-state index in [1.165, 1.54) is 4.90 Å². The third kappa shape index (κ3) is 3.78. The Morgan fingerprint density at radius 2 is 1.93 bits per heavy atom. The zero-order valence-corrected chi connectivity index (χ0v) is 17.8. The van der Waals surface area contributed by atoms with Gasteiger partial charge >= 0.3 is 12.1 Å². The molecule has 9 heteroatoms. The Kier molecular flexibility index (Phi) is 5.53. The maximum Gasteiger partial charge on any atom is 0.343 e. The molecule has 160 valence electrons. The predicted molar refractivity (Wildman–Crippen MR) is 106 cm³/mol. The van der Waals surface area contributed by atoms with Gasteiger partial charge in [-0.25, -0.2) is 9.59 Å². The number of rotatable bonds is 5. The minimum absolute atomic E-state index is 0.144. The van der Waals surface area contributed by atoms with E-state index in [9.17, 15) is 14.8 Å². The zero-order chi connectivity index (χ0) is 21.5. The lowest BCUT2D eigenvalue weighted by molar-refractivity contribution is -0.138. The van der Waals surface area contributed by atoms with E-state index in [1.807, 2.05) is 59.7 Å². The molecular weight excluding hydrogens is 376 g/mol.